The second-order valence-corrected chi connectivity index (χ2v) is 3.81. The summed E-state index contributed by atoms with van der Waals surface area (Å²) in [6.07, 6.45) is 6.32. The Morgan fingerprint density at radius 2 is 2.06 bits per heavy atom. The molecule has 0 aliphatic heterocycles. The maximum atomic E-state index is 11.9. The Hall–Kier alpha value is -1.64. The fraction of sp³-hybridized carbons (Fsp3) is 0.385. The van der Waals surface area contributed by atoms with Gasteiger partial charge in [-0.05, 0) is 31.0 Å². The van der Waals surface area contributed by atoms with Crippen LogP contribution in [0.1, 0.15) is 25.8 Å². The lowest BCUT2D eigenvalue weighted by molar-refractivity contribution is -0.126. The average Bonchev–Trinajstić information content (AvgIpc) is 2.29. The second kappa shape index (κ2) is 6.05. The van der Waals surface area contributed by atoms with E-state index in [0.29, 0.717) is 6.54 Å². The van der Waals surface area contributed by atoms with E-state index in [1.54, 1.807) is 17.3 Å². The number of carbonyl (C=O) groups is 1. The molecule has 1 aromatic rings. The van der Waals surface area contributed by atoms with E-state index in [9.17, 15) is 4.79 Å². The molecule has 0 saturated carbocycles. The van der Waals surface area contributed by atoms with Crippen LogP contribution in [-0.4, -0.2) is 22.8 Å². The summed E-state index contributed by atoms with van der Waals surface area (Å²) in [5, 5.41) is 0. The number of pyridine rings is 1. The highest BCUT2D eigenvalue weighted by Crippen LogP contribution is 2.06. The van der Waals surface area contributed by atoms with Crippen LogP contribution in [0, 0.1) is 0 Å². The number of amides is 1. The molecule has 3 nitrogen and oxygen atoms in total. The van der Waals surface area contributed by atoms with Gasteiger partial charge < -0.3 is 4.90 Å². The first-order chi connectivity index (χ1) is 7.65. The first kappa shape index (κ1) is 12.4. The number of carbonyl (C=O) groups excluding carboxylic acids is 1. The molecule has 16 heavy (non-hydrogen) atoms. The van der Waals surface area contributed by atoms with Gasteiger partial charge in [0.25, 0.3) is 0 Å². The zero-order valence-corrected chi connectivity index (χ0v) is 10.1. The minimum Gasteiger partial charge on any atom is -0.338 e. The van der Waals surface area contributed by atoms with Crippen molar-refractivity contribution in [1.29, 1.82) is 0 Å². The van der Waals surface area contributed by atoms with E-state index in [2.05, 4.69) is 4.98 Å². The molecule has 0 saturated heterocycles. The molecule has 0 spiro atoms. The molecule has 0 radical (unpaired) electrons. The highest BCUT2D eigenvalue weighted by molar-refractivity contribution is 5.92. The molecule has 86 valence electrons. The zero-order chi connectivity index (χ0) is 12.0. The number of allylic oxidation sites excluding steroid dienone is 1. The van der Waals surface area contributed by atoms with Gasteiger partial charge in [-0.25, -0.2) is 0 Å². The summed E-state index contributed by atoms with van der Waals surface area (Å²) in [7, 11) is 1.82. The lowest BCUT2D eigenvalue weighted by atomic mass is 10.2. The molecular weight excluding hydrogens is 200 g/mol. The number of rotatable bonds is 4. The third kappa shape index (κ3) is 3.50. The number of likely N-dealkylation sites (N-methyl/N-ethyl adjacent to an activating group) is 1. The summed E-state index contributed by atoms with van der Waals surface area (Å²) >= 11 is 0. The molecule has 3 heteroatoms. The van der Waals surface area contributed by atoms with Crippen LogP contribution in [0.4, 0.5) is 0 Å². The standard InChI is InChI=1S/C13H18N2O/c1-4-5-11(2)13(16)15(3)10-12-6-8-14-9-7-12/h5-9H,4,10H2,1-3H3. The fourth-order valence-corrected chi connectivity index (χ4v) is 1.53. The Morgan fingerprint density at radius 1 is 1.44 bits per heavy atom. The van der Waals surface area contributed by atoms with Crippen LogP contribution in [-0.2, 0) is 11.3 Å². The van der Waals surface area contributed by atoms with Crippen molar-refractivity contribution in [3.8, 4) is 0 Å². The van der Waals surface area contributed by atoms with Gasteiger partial charge in [-0.2, -0.15) is 0 Å². The average molecular weight is 218 g/mol. The Morgan fingerprint density at radius 3 is 2.62 bits per heavy atom. The first-order valence-electron chi connectivity index (χ1n) is 5.46. The summed E-state index contributed by atoms with van der Waals surface area (Å²) in [5.41, 5.74) is 1.90. The summed E-state index contributed by atoms with van der Waals surface area (Å²) in [6, 6.07) is 3.84. The van der Waals surface area contributed by atoms with Crippen LogP contribution in [0.15, 0.2) is 36.2 Å². The zero-order valence-electron chi connectivity index (χ0n) is 10.1. The Balaban J connectivity index is 2.63. The van der Waals surface area contributed by atoms with E-state index in [1.807, 2.05) is 39.1 Å². The smallest absolute Gasteiger partial charge is 0.249 e. The Labute approximate surface area is 96.8 Å². The van der Waals surface area contributed by atoms with Crippen molar-refractivity contribution in [2.75, 3.05) is 7.05 Å². The Bertz CT molecular complexity index is 371. The second-order valence-electron chi connectivity index (χ2n) is 3.81. The van der Waals surface area contributed by atoms with Crippen LogP contribution < -0.4 is 0 Å². The van der Waals surface area contributed by atoms with E-state index >= 15 is 0 Å². The highest BCUT2D eigenvalue weighted by atomic mass is 16.2. The predicted molar refractivity (Wildman–Crippen MR) is 64.8 cm³/mol. The number of aromatic nitrogens is 1. The predicted octanol–water partition coefficient (Wildman–Crippen LogP) is 2.40. The molecule has 0 unspecified atom stereocenters. The third-order valence-corrected chi connectivity index (χ3v) is 2.36. The SMILES string of the molecule is CCC=C(C)C(=O)N(C)Cc1ccncc1. The van der Waals surface area contributed by atoms with Crippen LogP contribution in [0.2, 0.25) is 0 Å². The summed E-state index contributed by atoms with van der Waals surface area (Å²) in [6.45, 7) is 4.50. The van der Waals surface area contributed by atoms with E-state index < -0.39 is 0 Å². The molecule has 0 bridgehead atoms. The first-order valence-corrected chi connectivity index (χ1v) is 5.46. The van der Waals surface area contributed by atoms with Crippen molar-refractivity contribution in [3.63, 3.8) is 0 Å². The van der Waals surface area contributed by atoms with Crippen molar-refractivity contribution in [2.24, 2.45) is 0 Å². The Kier molecular flexibility index (Phi) is 4.70. The summed E-state index contributed by atoms with van der Waals surface area (Å²) in [4.78, 5) is 17.5. The summed E-state index contributed by atoms with van der Waals surface area (Å²) < 4.78 is 0. The van der Waals surface area contributed by atoms with Gasteiger partial charge in [-0.3, -0.25) is 9.78 Å². The van der Waals surface area contributed by atoms with Crippen molar-refractivity contribution < 1.29 is 4.79 Å². The lowest BCUT2D eigenvalue weighted by Gasteiger charge is -2.17. The van der Waals surface area contributed by atoms with Gasteiger partial charge >= 0.3 is 0 Å². The van der Waals surface area contributed by atoms with Gasteiger partial charge in [0, 0.05) is 31.6 Å². The fourth-order valence-electron chi connectivity index (χ4n) is 1.53. The molecule has 0 atom stereocenters. The normalized spacial score (nSPS) is 11.3. The van der Waals surface area contributed by atoms with Crippen LogP contribution in [0.25, 0.3) is 0 Å². The van der Waals surface area contributed by atoms with Gasteiger partial charge in [0.05, 0.1) is 0 Å². The minimum atomic E-state index is 0.0821. The molecule has 1 amide bonds. The maximum absolute atomic E-state index is 11.9. The summed E-state index contributed by atoms with van der Waals surface area (Å²) in [5.74, 6) is 0.0821. The molecular formula is C13H18N2O. The molecule has 0 aromatic carbocycles. The van der Waals surface area contributed by atoms with E-state index in [0.717, 1.165) is 17.6 Å². The van der Waals surface area contributed by atoms with Gasteiger partial charge in [-0.1, -0.05) is 13.0 Å². The molecule has 1 rings (SSSR count). The quantitative estimate of drug-likeness (QED) is 0.727. The van der Waals surface area contributed by atoms with E-state index in [-0.39, 0.29) is 5.91 Å². The van der Waals surface area contributed by atoms with Crippen LogP contribution in [0.3, 0.4) is 0 Å². The van der Waals surface area contributed by atoms with Crippen molar-refractivity contribution in [1.82, 2.24) is 9.88 Å². The number of hydrogen-bond donors (Lipinski definition) is 0. The van der Waals surface area contributed by atoms with Crippen LogP contribution >= 0.6 is 0 Å². The van der Waals surface area contributed by atoms with Gasteiger partial charge in [-0.15, -0.1) is 0 Å². The monoisotopic (exact) mass is 218 g/mol. The largest absolute Gasteiger partial charge is 0.338 e. The molecule has 0 aliphatic rings. The molecule has 1 heterocycles. The molecule has 0 fully saturated rings. The van der Waals surface area contributed by atoms with Crippen molar-refractivity contribution in [2.45, 2.75) is 26.8 Å². The van der Waals surface area contributed by atoms with Gasteiger partial charge in [0.2, 0.25) is 5.91 Å². The van der Waals surface area contributed by atoms with Gasteiger partial charge in [0.15, 0.2) is 0 Å². The molecule has 1 aromatic heterocycles. The topological polar surface area (TPSA) is 33.2 Å². The highest BCUT2D eigenvalue weighted by Gasteiger charge is 2.10. The van der Waals surface area contributed by atoms with Gasteiger partial charge in [0.1, 0.15) is 0 Å². The van der Waals surface area contributed by atoms with Crippen molar-refractivity contribution in [3.05, 3.63) is 41.7 Å². The maximum Gasteiger partial charge on any atom is 0.249 e. The number of nitrogens with zero attached hydrogens (tertiary/aromatic N) is 2. The third-order valence-electron chi connectivity index (χ3n) is 2.36. The minimum absolute atomic E-state index is 0.0821. The lowest BCUT2D eigenvalue weighted by Crippen LogP contribution is -2.26. The van der Waals surface area contributed by atoms with Crippen molar-refractivity contribution >= 4 is 5.91 Å². The van der Waals surface area contributed by atoms with E-state index in [1.165, 1.54) is 0 Å². The number of hydrogen-bond acceptors (Lipinski definition) is 2. The molecule has 0 aliphatic carbocycles. The molecule has 0 N–H and O–H groups in total. The van der Waals surface area contributed by atoms with E-state index in [4.69, 9.17) is 0 Å². The van der Waals surface area contributed by atoms with Crippen LogP contribution in [0.5, 0.6) is 0 Å².